The maximum absolute atomic E-state index is 11.8. The number of halogens is 2. The van der Waals surface area contributed by atoms with Gasteiger partial charge in [0.1, 0.15) is 11.5 Å². The summed E-state index contributed by atoms with van der Waals surface area (Å²) in [5.41, 5.74) is 5.92. The van der Waals surface area contributed by atoms with E-state index in [-0.39, 0.29) is 30.7 Å². The molecule has 1 saturated carbocycles. The number of likely N-dealkylation sites (N-methyl/N-ethyl adjacent to an activating group) is 1. The molecule has 1 amide bonds. The maximum atomic E-state index is 11.8. The third-order valence-electron chi connectivity index (χ3n) is 3.16. The predicted octanol–water partition coefficient (Wildman–Crippen LogP) is 1.72. The summed E-state index contributed by atoms with van der Waals surface area (Å²) in [5, 5.41) is 2.87. The van der Waals surface area contributed by atoms with Crippen LogP contribution in [0.1, 0.15) is 30.3 Å². The second-order valence-corrected chi connectivity index (χ2v) is 4.56. The van der Waals surface area contributed by atoms with Gasteiger partial charge in [-0.3, -0.25) is 9.69 Å². The molecule has 0 unspecified atom stereocenters. The van der Waals surface area contributed by atoms with Gasteiger partial charge in [0.2, 0.25) is 0 Å². The van der Waals surface area contributed by atoms with Crippen LogP contribution in [0.5, 0.6) is 0 Å². The smallest absolute Gasteiger partial charge is 0.270 e. The van der Waals surface area contributed by atoms with Gasteiger partial charge >= 0.3 is 0 Å². The van der Waals surface area contributed by atoms with Crippen molar-refractivity contribution in [2.45, 2.75) is 25.8 Å². The Bertz CT molecular complexity index is 427. The van der Waals surface area contributed by atoms with E-state index in [2.05, 4.69) is 22.1 Å². The normalized spacial score (nSPS) is 13.3. The number of nitrogen functional groups attached to an aromatic ring is 1. The molecule has 5 nitrogen and oxygen atoms in total. The zero-order chi connectivity index (χ0) is 13.0. The minimum atomic E-state index is -0.158. The number of carbonyl (C=O) groups is 1. The third-order valence-corrected chi connectivity index (χ3v) is 3.16. The standard InChI is InChI=1S/C13H20N4O.2ClH/c1-2-17(10-6-7-10)9-8-15-13(18)11-4-3-5-12(14)16-11;;/h3-5,10H,2,6-9H2,1H3,(H2,14,16)(H,15,18);2*1H. The number of carbonyl (C=O) groups excluding carboxylic acids is 1. The average Bonchev–Trinajstić information content (AvgIpc) is 3.18. The van der Waals surface area contributed by atoms with E-state index in [9.17, 15) is 4.79 Å². The number of amides is 1. The molecule has 7 heteroatoms. The van der Waals surface area contributed by atoms with Crippen LogP contribution in [0.25, 0.3) is 0 Å². The highest BCUT2D eigenvalue weighted by Gasteiger charge is 2.27. The first-order valence-electron chi connectivity index (χ1n) is 6.45. The van der Waals surface area contributed by atoms with E-state index < -0.39 is 0 Å². The van der Waals surface area contributed by atoms with E-state index >= 15 is 0 Å². The molecule has 2 rings (SSSR count). The molecule has 0 saturated heterocycles. The highest BCUT2D eigenvalue weighted by Crippen LogP contribution is 2.25. The Morgan fingerprint density at radius 1 is 1.45 bits per heavy atom. The van der Waals surface area contributed by atoms with Crippen LogP contribution >= 0.6 is 24.8 Å². The van der Waals surface area contributed by atoms with Crippen molar-refractivity contribution in [3.05, 3.63) is 23.9 Å². The van der Waals surface area contributed by atoms with Crippen LogP contribution in [0.3, 0.4) is 0 Å². The molecule has 0 atom stereocenters. The number of hydrogen-bond acceptors (Lipinski definition) is 4. The van der Waals surface area contributed by atoms with Crippen molar-refractivity contribution in [2.75, 3.05) is 25.4 Å². The molecule has 0 spiro atoms. The first kappa shape index (κ1) is 19.0. The number of pyridine rings is 1. The summed E-state index contributed by atoms with van der Waals surface area (Å²) >= 11 is 0. The van der Waals surface area contributed by atoms with E-state index in [1.807, 2.05) is 0 Å². The number of nitrogens with zero attached hydrogens (tertiary/aromatic N) is 2. The van der Waals surface area contributed by atoms with E-state index in [0.717, 1.165) is 19.1 Å². The molecule has 0 aliphatic heterocycles. The SMILES string of the molecule is CCN(CCNC(=O)c1cccc(N)n1)C1CC1.Cl.Cl. The van der Waals surface area contributed by atoms with Crippen LogP contribution in [0, 0.1) is 0 Å². The Morgan fingerprint density at radius 3 is 2.70 bits per heavy atom. The van der Waals surface area contributed by atoms with Gasteiger partial charge in [0.15, 0.2) is 0 Å². The summed E-state index contributed by atoms with van der Waals surface area (Å²) in [7, 11) is 0. The largest absolute Gasteiger partial charge is 0.384 e. The van der Waals surface area contributed by atoms with Gasteiger partial charge in [-0.1, -0.05) is 13.0 Å². The number of aromatic nitrogens is 1. The van der Waals surface area contributed by atoms with Gasteiger partial charge in [0, 0.05) is 19.1 Å². The Labute approximate surface area is 132 Å². The summed E-state index contributed by atoms with van der Waals surface area (Å²) < 4.78 is 0. The number of nitrogens with one attached hydrogen (secondary N) is 1. The first-order chi connectivity index (χ1) is 8.70. The zero-order valence-electron chi connectivity index (χ0n) is 11.5. The van der Waals surface area contributed by atoms with Crippen LogP contribution in [0.2, 0.25) is 0 Å². The Hall–Kier alpha value is -1.04. The molecule has 0 aromatic carbocycles. The number of nitrogens with two attached hydrogens (primary N) is 1. The number of hydrogen-bond donors (Lipinski definition) is 2. The molecular formula is C13H22Cl2N4O. The average molecular weight is 321 g/mol. The predicted molar refractivity (Wildman–Crippen MR) is 85.7 cm³/mol. The lowest BCUT2D eigenvalue weighted by Crippen LogP contribution is -2.36. The van der Waals surface area contributed by atoms with E-state index in [4.69, 9.17) is 5.73 Å². The zero-order valence-corrected chi connectivity index (χ0v) is 13.2. The Kier molecular flexibility index (Phi) is 8.53. The molecule has 1 aromatic rings. The molecule has 1 aromatic heterocycles. The quantitative estimate of drug-likeness (QED) is 0.837. The van der Waals surface area contributed by atoms with Gasteiger partial charge in [0.25, 0.3) is 5.91 Å². The van der Waals surface area contributed by atoms with Crippen LogP contribution < -0.4 is 11.1 Å². The fourth-order valence-electron chi connectivity index (χ4n) is 2.02. The lowest BCUT2D eigenvalue weighted by Gasteiger charge is -2.19. The van der Waals surface area contributed by atoms with Crippen molar-refractivity contribution in [3.8, 4) is 0 Å². The molecule has 1 heterocycles. The molecule has 0 bridgehead atoms. The Morgan fingerprint density at radius 2 is 2.15 bits per heavy atom. The fraction of sp³-hybridized carbons (Fsp3) is 0.538. The van der Waals surface area contributed by atoms with Gasteiger partial charge in [-0.15, -0.1) is 24.8 Å². The van der Waals surface area contributed by atoms with Gasteiger partial charge < -0.3 is 11.1 Å². The summed E-state index contributed by atoms with van der Waals surface area (Å²) in [5.74, 6) is 0.213. The van der Waals surface area contributed by atoms with Crippen molar-refractivity contribution in [2.24, 2.45) is 0 Å². The number of anilines is 1. The maximum Gasteiger partial charge on any atom is 0.270 e. The molecule has 1 aliphatic rings. The lowest BCUT2D eigenvalue weighted by atomic mass is 10.3. The van der Waals surface area contributed by atoms with Crippen molar-refractivity contribution < 1.29 is 4.79 Å². The molecular weight excluding hydrogens is 299 g/mol. The topological polar surface area (TPSA) is 71.2 Å². The first-order valence-corrected chi connectivity index (χ1v) is 6.45. The van der Waals surface area contributed by atoms with Crippen molar-refractivity contribution in [1.82, 2.24) is 15.2 Å². The van der Waals surface area contributed by atoms with Crippen LogP contribution in [-0.2, 0) is 0 Å². The summed E-state index contributed by atoms with van der Waals surface area (Å²) in [4.78, 5) is 18.2. The third kappa shape index (κ3) is 5.53. The van der Waals surface area contributed by atoms with Crippen LogP contribution in [0.15, 0.2) is 18.2 Å². The van der Waals surface area contributed by atoms with Crippen molar-refractivity contribution >= 4 is 36.5 Å². The molecule has 20 heavy (non-hydrogen) atoms. The summed E-state index contributed by atoms with van der Waals surface area (Å²) in [6.45, 7) is 4.74. The molecule has 0 radical (unpaired) electrons. The summed E-state index contributed by atoms with van der Waals surface area (Å²) in [6.07, 6.45) is 2.58. The van der Waals surface area contributed by atoms with Crippen molar-refractivity contribution in [1.29, 1.82) is 0 Å². The van der Waals surface area contributed by atoms with Gasteiger partial charge in [0.05, 0.1) is 0 Å². The van der Waals surface area contributed by atoms with E-state index in [1.165, 1.54) is 12.8 Å². The van der Waals surface area contributed by atoms with E-state index in [1.54, 1.807) is 18.2 Å². The van der Waals surface area contributed by atoms with Gasteiger partial charge in [-0.25, -0.2) is 4.98 Å². The summed E-state index contributed by atoms with van der Waals surface area (Å²) in [6, 6.07) is 5.81. The van der Waals surface area contributed by atoms with Crippen molar-refractivity contribution in [3.63, 3.8) is 0 Å². The second-order valence-electron chi connectivity index (χ2n) is 4.56. The van der Waals surface area contributed by atoms with Gasteiger partial charge in [-0.05, 0) is 31.5 Å². The molecule has 114 valence electrons. The van der Waals surface area contributed by atoms with Gasteiger partial charge in [-0.2, -0.15) is 0 Å². The lowest BCUT2D eigenvalue weighted by molar-refractivity contribution is 0.0943. The highest BCUT2D eigenvalue weighted by atomic mass is 35.5. The second kappa shape index (κ2) is 9.00. The number of rotatable bonds is 6. The monoisotopic (exact) mass is 320 g/mol. The minimum absolute atomic E-state index is 0. The van der Waals surface area contributed by atoms with Crippen LogP contribution in [0.4, 0.5) is 5.82 Å². The molecule has 1 fully saturated rings. The van der Waals surface area contributed by atoms with E-state index in [0.29, 0.717) is 18.1 Å². The van der Waals surface area contributed by atoms with Crippen LogP contribution in [-0.4, -0.2) is 41.5 Å². The molecule has 1 aliphatic carbocycles. The highest BCUT2D eigenvalue weighted by molar-refractivity contribution is 5.92. The minimum Gasteiger partial charge on any atom is -0.384 e. The molecule has 3 N–H and O–H groups in total. The fourth-order valence-corrected chi connectivity index (χ4v) is 2.02. The Balaban J connectivity index is 0.00000180.